The number of carbonyl (C=O) groups is 4. The molecule has 5 unspecified atom stereocenters. The van der Waals surface area contributed by atoms with Crippen molar-refractivity contribution in [2.75, 3.05) is 0 Å². The SMILES string of the molecule is C=C(C=O)C1CC2(C)C(=CC1=O)C(OC(=O)C(C)=CC(C)CCCC)CCC2C(=O)O. The van der Waals surface area contributed by atoms with Gasteiger partial charge in [0.15, 0.2) is 5.78 Å². The molecule has 0 aliphatic heterocycles. The molecule has 0 aromatic carbocycles. The van der Waals surface area contributed by atoms with Crippen LogP contribution in [0.1, 0.15) is 66.2 Å². The Labute approximate surface area is 184 Å². The highest BCUT2D eigenvalue weighted by Crippen LogP contribution is 2.53. The summed E-state index contributed by atoms with van der Waals surface area (Å²) in [5.41, 5.74) is 0.294. The van der Waals surface area contributed by atoms with Crippen molar-refractivity contribution in [2.45, 2.75) is 72.3 Å². The molecule has 0 spiro atoms. The Bertz CT molecular complexity index is 820. The number of aldehydes is 1. The lowest BCUT2D eigenvalue weighted by Crippen LogP contribution is -2.49. The van der Waals surface area contributed by atoms with Crippen molar-refractivity contribution in [3.63, 3.8) is 0 Å². The lowest BCUT2D eigenvalue weighted by Gasteiger charge is -2.48. The maximum Gasteiger partial charge on any atom is 0.333 e. The zero-order valence-electron chi connectivity index (χ0n) is 19.0. The Kier molecular flexibility index (Phi) is 8.15. The average Bonchev–Trinajstić information content (AvgIpc) is 2.71. The van der Waals surface area contributed by atoms with E-state index in [1.165, 1.54) is 6.08 Å². The fraction of sp³-hybridized carbons (Fsp3) is 0.600. The van der Waals surface area contributed by atoms with Gasteiger partial charge in [-0.05, 0) is 55.7 Å². The number of aliphatic carboxylic acids is 1. The molecule has 2 aliphatic carbocycles. The molecule has 2 rings (SSSR count). The fourth-order valence-electron chi connectivity index (χ4n) is 4.90. The normalized spacial score (nSPS) is 29.4. The number of hydrogen-bond acceptors (Lipinski definition) is 5. The summed E-state index contributed by atoms with van der Waals surface area (Å²) in [4.78, 5) is 48.6. The van der Waals surface area contributed by atoms with Crippen molar-refractivity contribution in [1.82, 2.24) is 0 Å². The van der Waals surface area contributed by atoms with Crippen molar-refractivity contribution in [3.8, 4) is 0 Å². The molecule has 0 bridgehead atoms. The van der Waals surface area contributed by atoms with E-state index in [0.29, 0.717) is 30.3 Å². The number of carbonyl (C=O) groups excluding carboxylic acids is 3. The molecule has 1 saturated carbocycles. The highest BCUT2D eigenvalue weighted by Gasteiger charge is 2.53. The van der Waals surface area contributed by atoms with Crippen LogP contribution in [0.5, 0.6) is 0 Å². The molecule has 0 amide bonds. The summed E-state index contributed by atoms with van der Waals surface area (Å²) in [7, 11) is 0. The number of fused-ring (bicyclic) bond motifs is 1. The number of unbranched alkanes of at least 4 members (excludes halogenated alkanes) is 1. The van der Waals surface area contributed by atoms with E-state index in [9.17, 15) is 24.3 Å². The first kappa shape index (κ1) is 24.8. The van der Waals surface area contributed by atoms with Crippen LogP contribution >= 0.6 is 0 Å². The van der Waals surface area contributed by atoms with Crippen LogP contribution in [-0.4, -0.2) is 35.2 Å². The molecule has 6 heteroatoms. The second-order valence-electron chi connectivity index (χ2n) is 9.20. The van der Waals surface area contributed by atoms with Gasteiger partial charge >= 0.3 is 11.9 Å². The van der Waals surface area contributed by atoms with Crippen LogP contribution in [0.3, 0.4) is 0 Å². The first-order valence-electron chi connectivity index (χ1n) is 11.1. The van der Waals surface area contributed by atoms with Gasteiger partial charge < -0.3 is 9.84 Å². The molecule has 5 atom stereocenters. The summed E-state index contributed by atoms with van der Waals surface area (Å²) < 4.78 is 5.78. The zero-order valence-corrected chi connectivity index (χ0v) is 19.0. The topological polar surface area (TPSA) is 97.7 Å². The summed E-state index contributed by atoms with van der Waals surface area (Å²) in [6, 6.07) is 0. The van der Waals surface area contributed by atoms with Crippen molar-refractivity contribution in [1.29, 1.82) is 0 Å². The number of ether oxygens (including phenoxy) is 1. The predicted octanol–water partition coefficient (Wildman–Crippen LogP) is 4.44. The zero-order chi connectivity index (χ0) is 23.3. The quantitative estimate of drug-likeness (QED) is 0.330. The van der Waals surface area contributed by atoms with Crippen LogP contribution in [0, 0.1) is 23.2 Å². The van der Waals surface area contributed by atoms with Crippen LogP contribution < -0.4 is 0 Å². The summed E-state index contributed by atoms with van der Waals surface area (Å²) in [5.74, 6) is -2.91. The van der Waals surface area contributed by atoms with E-state index < -0.39 is 35.3 Å². The lowest BCUT2D eigenvalue weighted by molar-refractivity contribution is -0.152. The Morgan fingerprint density at radius 1 is 1.39 bits per heavy atom. The predicted molar refractivity (Wildman–Crippen MR) is 117 cm³/mol. The fourth-order valence-corrected chi connectivity index (χ4v) is 4.90. The Balaban J connectivity index is 2.30. The first-order chi connectivity index (χ1) is 14.5. The molecule has 6 nitrogen and oxygen atoms in total. The van der Waals surface area contributed by atoms with Gasteiger partial charge in [-0.3, -0.25) is 14.4 Å². The molecule has 31 heavy (non-hydrogen) atoms. The molecule has 0 aromatic heterocycles. The van der Waals surface area contributed by atoms with Gasteiger partial charge in [-0.15, -0.1) is 0 Å². The number of carboxylic acid groups (broad SMARTS) is 1. The van der Waals surface area contributed by atoms with Gasteiger partial charge in [0.25, 0.3) is 0 Å². The van der Waals surface area contributed by atoms with E-state index in [4.69, 9.17) is 4.74 Å². The standard InChI is InChI=1S/C25H34O6/c1-6-7-8-15(2)11-16(3)24(30)31-22-10-9-19(23(28)29)25(5)13-18(17(4)14-26)21(27)12-20(22)25/h11-12,14-15,18-19,22H,4,6-10,13H2,1-3,5H3,(H,28,29). The van der Waals surface area contributed by atoms with Gasteiger partial charge in [0.2, 0.25) is 0 Å². The molecule has 1 N–H and O–H groups in total. The first-order valence-corrected chi connectivity index (χ1v) is 11.1. The second kappa shape index (κ2) is 10.2. The molecule has 0 saturated heterocycles. The molecule has 0 aromatic rings. The van der Waals surface area contributed by atoms with Crippen LogP contribution in [0.4, 0.5) is 0 Å². The Hall–Kier alpha value is -2.50. The van der Waals surface area contributed by atoms with E-state index in [2.05, 4.69) is 20.4 Å². The smallest absolute Gasteiger partial charge is 0.333 e. The van der Waals surface area contributed by atoms with E-state index in [0.717, 1.165) is 19.3 Å². The minimum atomic E-state index is -0.955. The highest BCUT2D eigenvalue weighted by molar-refractivity contribution is 6.00. The number of hydrogen-bond donors (Lipinski definition) is 1. The monoisotopic (exact) mass is 430 g/mol. The summed E-state index contributed by atoms with van der Waals surface area (Å²) in [5, 5.41) is 9.80. The van der Waals surface area contributed by atoms with Crippen molar-refractivity contribution in [3.05, 3.63) is 35.5 Å². The summed E-state index contributed by atoms with van der Waals surface area (Å²) in [6.45, 7) is 11.3. The summed E-state index contributed by atoms with van der Waals surface area (Å²) >= 11 is 0. The van der Waals surface area contributed by atoms with E-state index in [1.807, 2.05) is 6.08 Å². The number of esters is 1. The van der Waals surface area contributed by atoms with Crippen molar-refractivity contribution >= 4 is 24.0 Å². The molecule has 1 fully saturated rings. The van der Waals surface area contributed by atoms with Gasteiger partial charge in [0.05, 0.1) is 11.8 Å². The second-order valence-corrected chi connectivity index (χ2v) is 9.20. The number of allylic oxidation sites excluding steroid dienone is 3. The molecular formula is C25H34O6. The summed E-state index contributed by atoms with van der Waals surface area (Å²) in [6.07, 6.45) is 7.19. The minimum absolute atomic E-state index is 0.143. The maximum atomic E-state index is 12.7. The van der Waals surface area contributed by atoms with Crippen molar-refractivity contribution in [2.24, 2.45) is 23.2 Å². The Morgan fingerprint density at radius 3 is 2.65 bits per heavy atom. The van der Waals surface area contributed by atoms with Crippen LogP contribution in [0.25, 0.3) is 0 Å². The molecule has 0 radical (unpaired) electrons. The third-order valence-corrected chi connectivity index (χ3v) is 6.78. The Morgan fingerprint density at radius 2 is 2.06 bits per heavy atom. The molecule has 170 valence electrons. The van der Waals surface area contributed by atoms with E-state index in [-0.39, 0.29) is 23.7 Å². The van der Waals surface area contributed by atoms with Crippen LogP contribution in [0.2, 0.25) is 0 Å². The number of rotatable bonds is 9. The van der Waals surface area contributed by atoms with Gasteiger partial charge in [-0.1, -0.05) is 46.3 Å². The van der Waals surface area contributed by atoms with Gasteiger partial charge in [-0.2, -0.15) is 0 Å². The van der Waals surface area contributed by atoms with E-state index in [1.54, 1.807) is 13.8 Å². The average molecular weight is 431 g/mol. The number of carboxylic acids is 1. The van der Waals surface area contributed by atoms with Crippen LogP contribution in [-0.2, 0) is 23.9 Å². The molecule has 0 heterocycles. The van der Waals surface area contributed by atoms with Gasteiger partial charge in [0, 0.05) is 11.0 Å². The van der Waals surface area contributed by atoms with Gasteiger partial charge in [0.1, 0.15) is 12.4 Å². The van der Waals surface area contributed by atoms with Gasteiger partial charge in [-0.25, -0.2) is 4.79 Å². The third kappa shape index (κ3) is 5.41. The maximum absolute atomic E-state index is 12.7. The number of ketones is 1. The highest BCUT2D eigenvalue weighted by atomic mass is 16.5. The third-order valence-electron chi connectivity index (χ3n) is 6.78. The van der Waals surface area contributed by atoms with Crippen molar-refractivity contribution < 1.29 is 29.0 Å². The molecule has 2 aliphatic rings. The lowest BCUT2D eigenvalue weighted by atomic mass is 9.56. The van der Waals surface area contributed by atoms with Crippen LogP contribution in [0.15, 0.2) is 35.5 Å². The largest absolute Gasteiger partial charge is 0.481 e. The molecular weight excluding hydrogens is 396 g/mol. The van der Waals surface area contributed by atoms with E-state index >= 15 is 0 Å². The minimum Gasteiger partial charge on any atom is -0.481 e.